The van der Waals surface area contributed by atoms with Crippen LogP contribution in [-0.2, 0) is 11.3 Å². The average molecular weight is 411 g/mol. The molecule has 4 nitrogen and oxygen atoms in total. The molecular formula is C26H34O4. The Morgan fingerprint density at radius 1 is 1.00 bits per heavy atom. The van der Waals surface area contributed by atoms with Crippen LogP contribution >= 0.6 is 0 Å². The Morgan fingerprint density at radius 2 is 1.70 bits per heavy atom. The van der Waals surface area contributed by atoms with Crippen LogP contribution in [0.2, 0.25) is 0 Å². The third kappa shape index (κ3) is 8.15. The van der Waals surface area contributed by atoms with Gasteiger partial charge in [-0.1, -0.05) is 73.5 Å². The molecule has 3 N–H and O–H groups in total. The van der Waals surface area contributed by atoms with Gasteiger partial charge in [0.05, 0.1) is 25.4 Å². The molecule has 0 spiro atoms. The van der Waals surface area contributed by atoms with Crippen molar-refractivity contribution in [2.24, 2.45) is 5.92 Å². The lowest BCUT2D eigenvalue weighted by atomic mass is 9.90. The fourth-order valence-corrected chi connectivity index (χ4v) is 3.48. The standard InChI is InChI=1S/C26H34O4/c1-3-8-20(17-21-11-14-23(27)15-12-21)13-16-25(28)24(4-2)26(29)19-30-18-22-9-6-5-7-10-22/h4-7,9-12,14-15,17,24-29H,2-3,8,13,16,18-19H2,1H3/b20-17+/t24-,25-,26-/m1/s1. The van der Waals surface area contributed by atoms with Crippen LogP contribution < -0.4 is 0 Å². The minimum Gasteiger partial charge on any atom is -0.508 e. The minimum absolute atomic E-state index is 0.147. The summed E-state index contributed by atoms with van der Waals surface area (Å²) in [5, 5.41) is 30.6. The number of phenolic OH excluding ortho intramolecular Hbond substituents is 1. The van der Waals surface area contributed by atoms with E-state index in [0.717, 1.165) is 30.4 Å². The molecule has 2 aromatic rings. The molecule has 0 bridgehead atoms. The third-order valence-electron chi connectivity index (χ3n) is 5.16. The van der Waals surface area contributed by atoms with Crippen LogP contribution in [0.4, 0.5) is 0 Å². The zero-order valence-electron chi connectivity index (χ0n) is 17.8. The highest BCUT2D eigenvalue weighted by molar-refractivity contribution is 5.53. The molecule has 0 saturated carbocycles. The molecule has 0 unspecified atom stereocenters. The molecule has 0 radical (unpaired) electrons. The van der Waals surface area contributed by atoms with Crippen molar-refractivity contribution in [3.63, 3.8) is 0 Å². The predicted octanol–water partition coefficient (Wildman–Crippen LogP) is 5.10. The number of rotatable bonds is 13. The number of allylic oxidation sites excluding steroid dienone is 1. The van der Waals surface area contributed by atoms with Gasteiger partial charge >= 0.3 is 0 Å². The largest absolute Gasteiger partial charge is 0.508 e. The van der Waals surface area contributed by atoms with Crippen molar-refractivity contribution in [3.05, 3.63) is 84.0 Å². The van der Waals surface area contributed by atoms with Crippen molar-refractivity contribution >= 4 is 6.08 Å². The van der Waals surface area contributed by atoms with Crippen molar-refractivity contribution in [3.8, 4) is 5.75 Å². The molecule has 0 aliphatic heterocycles. The zero-order valence-corrected chi connectivity index (χ0v) is 17.8. The van der Waals surface area contributed by atoms with Crippen LogP contribution in [0.3, 0.4) is 0 Å². The van der Waals surface area contributed by atoms with Crippen LogP contribution in [0.1, 0.15) is 43.7 Å². The summed E-state index contributed by atoms with van der Waals surface area (Å²) in [5.74, 6) is -0.200. The predicted molar refractivity (Wildman–Crippen MR) is 122 cm³/mol. The smallest absolute Gasteiger partial charge is 0.115 e. The fraction of sp³-hybridized carbons (Fsp3) is 0.385. The normalized spacial score (nSPS) is 14.8. The maximum absolute atomic E-state index is 10.7. The van der Waals surface area contributed by atoms with E-state index in [4.69, 9.17) is 4.74 Å². The molecule has 2 aromatic carbocycles. The molecule has 0 aliphatic rings. The topological polar surface area (TPSA) is 69.9 Å². The summed E-state index contributed by atoms with van der Waals surface area (Å²) in [4.78, 5) is 0. The van der Waals surface area contributed by atoms with Crippen LogP contribution in [0.25, 0.3) is 6.08 Å². The van der Waals surface area contributed by atoms with Gasteiger partial charge in [-0.25, -0.2) is 0 Å². The number of aromatic hydroxyl groups is 1. The van der Waals surface area contributed by atoms with Gasteiger partial charge in [0, 0.05) is 5.92 Å². The summed E-state index contributed by atoms with van der Waals surface area (Å²) in [6.45, 7) is 6.49. The SMILES string of the molecule is C=C[C@H]([C@H](O)CC/C(=C/c1ccc(O)cc1)CCC)[C@H](O)COCc1ccccc1. The number of phenols is 1. The van der Waals surface area contributed by atoms with Crippen molar-refractivity contribution in [2.45, 2.75) is 51.4 Å². The van der Waals surface area contributed by atoms with Gasteiger partial charge in [0.25, 0.3) is 0 Å². The van der Waals surface area contributed by atoms with E-state index in [-0.39, 0.29) is 12.4 Å². The third-order valence-corrected chi connectivity index (χ3v) is 5.16. The number of ether oxygens (including phenoxy) is 1. The van der Waals surface area contributed by atoms with Crippen LogP contribution in [0.5, 0.6) is 5.75 Å². The van der Waals surface area contributed by atoms with Gasteiger partial charge in [-0.3, -0.25) is 0 Å². The monoisotopic (exact) mass is 410 g/mol. The Hall–Kier alpha value is -2.40. The number of hydrogen-bond donors (Lipinski definition) is 3. The zero-order chi connectivity index (χ0) is 21.8. The lowest BCUT2D eigenvalue weighted by Crippen LogP contribution is -2.33. The number of benzene rings is 2. The lowest BCUT2D eigenvalue weighted by Gasteiger charge is -2.25. The van der Waals surface area contributed by atoms with E-state index >= 15 is 0 Å². The van der Waals surface area contributed by atoms with Gasteiger partial charge in [0.2, 0.25) is 0 Å². The highest BCUT2D eigenvalue weighted by atomic mass is 16.5. The van der Waals surface area contributed by atoms with Gasteiger partial charge in [-0.2, -0.15) is 0 Å². The highest BCUT2D eigenvalue weighted by Crippen LogP contribution is 2.23. The summed E-state index contributed by atoms with van der Waals surface area (Å²) in [7, 11) is 0. The van der Waals surface area contributed by atoms with Gasteiger partial charge in [0.15, 0.2) is 0 Å². The number of aliphatic hydroxyl groups excluding tert-OH is 2. The van der Waals surface area contributed by atoms with E-state index in [1.54, 1.807) is 18.2 Å². The Kier molecular flexibility index (Phi) is 10.4. The molecular weight excluding hydrogens is 376 g/mol. The summed E-state index contributed by atoms with van der Waals surface area (Å²) < 4.78 is 5.63. The molecule has 0 saturated heterocycles. The second-order valence-electron chi connectivity index (χ2n) is 7.63. The van der Waals surface area contributed by atoms with Crippen molar-refractivity contribution < 1.29 is 20.1 Å². The Morgan fingerprint density at radius 3 is 2.33 bits per heavy atom. The summed E-state index contributed by atoms with van der Waals surface area (Å²) >= 11 is 0. The molecule has 30 heavy (non-hydrogen) atoms. The van der Waals surface area contributed by atoms with Crippen LogP contribution in [-0.4, -0.2) is 34.1 Å². The Labute approximate surface area is 180 Å². The van der Waals surface area contributed by atoms with E-state index in [0.29, 0.717) is 13.0 Å². The molecule has 0 amide bonds. The summed E-state index contributed by atoms with van der Waals surface area (Å²) in [6.07, 6.45) is 5.45. The van der Waals surface area contributed by atoms with Gasteiger partial charge in [-0.05, 0) is 42.5 Å². The van der Waals surface area contributed by atoms with Crippen LogP contribution in [0.15, 0.2) is 72.8 Å². The molecule has 0 fully saturated rings. The summed E-state index contributed by atoms with van der Waals surface area (Å²) in [6, 6.07) is 16.9. The second-order valence-corrected chi connectivity index (χ2v) is 7.63. The van der Waals surface area contributed by atoms with E-state index < -0.39 is 18.1 Å². The molecule has 162 valence electrons. The maximum atomic E-state index is 10.7. The molecule has 0 aromatic heterocycles. The first kappa shape index (κ1) is 23.9. The Bertz CT molecular complexity index is 767. The van der Waals surface area contributed by atoms with Gasteiger partial charge in [0.1, 0.15) is 5.75 Å². The van der Waals surface area contributed by atoms with Crippen molar-refractivity contribution in [2.75, 3.05) is 6.61 Å². The quantitative estimate of drug-likeness (QED) is 0.402. The molecule has 0 aliphatic carbocycles. The van der Waals surface area contributed by atoms with Gasteiger partial charge in [-0.15, -0.1) is 6.58 Å². The van der Waals surface area contributed by atoms with Gasteiger partial charge < -0.3 is 20.1 Å². The fourth-order valence-electron chi connectivity index (χ4n) is 3.48. The molecule has 4 heteroatoms. The van der Waals surface area contributed by atoms with E-state index in [9.17, 15) is 15.3 Å². The molecule has 0 heterocycles. The molecule has 2 rings (SSSR count). The van der Waals surface area contributed by atoms with E-state index in [2.05, 4.69) is 19.6 Å². The molecule has 3 atom stereocenters. The maximum Gasteiger partial charge on any atom is 0.115 e. The van der Waals surface area contributed by atoms with Crippen LogP contribution in [0, 0.1) is 5.92 Å². The Balaban J connectivity index is 1.87. The van der Waals surface area contributed by atoms with E-state index in [1.807, 2.05) is 42.5 Å². The second kappa shape index (κ2) is 13.0. The first-order valence-corrected chi connectivity index (χ1v) is 10.6. The average Bonchev–Trinajstić information content (AvgIpc) is 2.75. The van der Waals surface area contributed by atoms with Crippen molar-refractivity contribution in [1.82, 2.24) is 0 Å². The first-order chi connectivity index (χ1) is 14.5. The minimum atomic E-state index is -0.808. The summed E-state index contributed by atoms with van der Waals surface area (Å²) in [5.41, 5.74) is 3.31. The van der Waals surface area contributed by atoms with Crippen molar-refractivity contribution in [1.29, 1.82) is 0 Å². The first-order valence-electron chi connectivity index (χ1n) is 10.6. The number of aliphatic hydroxyl groups is 2. The number of hydrogen-bond acceptors (Lipinski definition) is 4. The van der Waals surface area contributed by atoms with E-state index in [1.165, 1.54) is 5.57 Å². The highest BCUT2D eigenvalue weighted by Gasteiger charge is 2.24. The lowest BCUT2D eigenvalue weighted by molar-refractivity contribution is -0.0273.